The minimum Gasteiger partial charge on any atom is -0.497 e. The first-order chi connectivity index (χ1) is 16.9. The van der Waals surface area contributed by atoms with E-state index in [1.807, 2.05) is 38.1 Å². The second-order valence-corrected chi connectivity index (χ2v) is 12.0. The summed E-state index contributed by atoms with van der Waals surface area (Å²) in [7, 11) is -2.15. The molecule has 0 aliphatic carbocycles. The highest BCUT2D eigenvalue weighted by molar-refractivity contribution is 7.89. The van der Waals surface area contributed by atoms with Gasteiger partial charge >= 0.3 is 0 Å². The van der Waals surface area contributed by atoms with Crippen molar-refractivity contribution in [3.63, 3.8) is 0 Å². The SMILES string of the molecule is CCCN(CCC)S(=O)(=O)c1ccc(OCC(O)CNC(C)(C)Cc2ccc(OC)cc2)c(Cl)c1Cl. The van der Waals surface area contributed by atoms with Gasteiger partial charge in [0.1, 0.15) is 34.1 Å². The van der Waals surface area contributed by atoms with E-state index in [-0.39, 0.29) is 32.8 Å². The summed E-state index contributed by atoms with van der Waals surface area (Å²) >= 11 is 12.7. The smallest absolute Gasteiger partial charge is 0.244 e. The van der Waals surface area contributed by atoms with E-state index in [2.05, 4.69) is 19.2 Å². The van der Waals surface area contributed by atoms with Crippen LogP contribution in [0.3, 0.4) is 0 Å². The van der Waals surface area contributed by atoms with Gasteiger partial charge in [-0.3, -0.25) is 0 Å². The molecule has 1 atom stereocenters. The Morgan fingerprint density at radius 1 is 1.03 bits per heavy atom. The quantitative estimate of drug-likeness (QED) is 0.312. The van der Waals surface area contributed by atoms with E-state index in [1.54, 1.807) is 7.11 Å². The fourth-order valence-electron chi connectivity index (χ4n) is 3.77. The second kappa shape index (κ2) is 13.8. The highest BCUT2D eigenvalue weighted by Crippen LogP contribution is 2.38. The van der Waals surface area contributed by atoms with Gasteiger partial charge < -0.3 is 19.9 Å². The number of methoxy groups -OCH3 is 1. The Hall–Kier alpha value is -1.55. The molecule has 202 valence electrons. The molecule has 0 radical (unpaired) electrons. The molecule has 0 spiro atoms. The van der Waals surface area contributed by atoms with Gasteiger partial charge in [-0.1, -0.05) is 49.2 Å². The molecule has 2 aromatic rings. The summed E-state index contributed by atoms with van der Waals surface area (Å²) in [6.07, 6.45) is 1.32. The number of halogens is 2. The molecular weight excluding hydrogens is 523 g/mol. The number of nitrogens with one attached hydrogen (secondary N) is 1. The van der Waals surface area contributed by atoms with Gasteiger partial charge in [0.05, 0.1) is 12.1 Å². The van der Waals surface area contributed by atoms with Crippen LogP contribution in [0.5, 0.6) is 11.5 Å². The molecule has 0 saturated heterocycles. The maximum Gasteiger partial charge on any atom is 0.244 e. The van der Waals surface area contributed by atoms with Crippen molar-refractivity contribution in [1.82, 2.24) is 9.62 Å². The van der Waals surface area contributed by atoms with Gasteiger partial charge in [-0.2, -0.15) is 4.31 Å². The van der Waals surface area contributed by atoms with Crippen LogP contribution in [-0.4, -0.2) is 62.8 Å². The zero-order valence-electron chi connectivity index (χ0n) is 21.7. The lowest BCUT2D eigenvalue weighted by Gasteiger charge is -2.28. The number of ether oxygens (including phenoxy) is 2. The average molecular weight is 562 g/mol. The van der Waals surface area contributed by atoms with E-state index in [1.165, 1.54) is 16.4 Å². The molecule has 36 heavy (non-hydrogen) atoms. The molecule has 0 saturated carbocycles. The first-order valence-corrected chi connectivity index (χ1v) is 14.3. The molecule has 0 bridgehead atoms. The predicted molar refractivity (Wildman–Crippen MR) is 146 cm³/mol. The van der Waals surface area contributed by atoms with Crippen LogP contribution >= 0.6 is 23.2 Å². The van der Waals surface area contributed by atoms with Crippen LogP contribution in [0.1, 0.15) is 46.1 Å². The van der Waals surface area contributed by atoms with Crippen LogP contribution < -0.4 is 14.8 Å². The monoisotopic (exact) mass is 560 g/mol. The second-order valence-electron chi connectivity index (χ2n) is 9.35. The fraction of sp³-hybridized carbons (Fsp3) is 0.538. The van der Waals surface area contributed by atoms with Crippen LogP contribution in [0, 0.1) is 0 Å². The summed E-state index contributed by atoms with van der Waals surface area (Å²) in [5.41, 5.74) is 0.877. The summed E-state index contributed by atoms with van der Waals surface area (Å²) in [4.78, 5) is -0.0501. The van der Waals surface area contributed by atoms with Crippen LogP contribution in [0.15, 0.2) is 41.3 Å². The Bertz CT molecular complexity index is 1070. The third kappa shape index (κ3) is 8.50. The Kier molecular flexibility index (Phi) is 11.8. The topological polar surface area (TPSA) is 88.1 Å². The maximum atomic E-state index is 13.1. The summed E-state index contributed by atoms with van der Waals surface area (Å²) < 4.78 is 38.5. The number of hydrogen-bond acceptors (Lipinski definition) is 6. The van der Waals surface area contributed by atoms with Gasteiger partial charge in [0.2, 0.25) is 10.0 Å². The van der Waals surface area contributed by atoms with E-state index in [0.717, 1.165) is 17.7 Å². The van der Waals surface area contributed by atoms with Gasteiger partial charge in [0.25, 0.3) is 0 Å². The normalized spacial score (nSPS) is 13.1. The zero-order chi connectivity index (χ0) is 26.9. The van der Waals surface area contributed by atoms with Gasteiger partial charge in [0, 0.05) is 25.2 Å². The molecule has 0 amide bonds. The molecular formula is C26H38Cl2N2O5S. The van der Waals surface area contributed by atoms with Crippen LogP contribution in [-0.2, 0) is 16.4 Å². The van der Waals surface area contributed by atoms with E-state index in [4.69, 9.17) is 32.7 Å². The van der Waals surface area contributed by atoms with Crippen molar-refractivity contribution < 1.29 is 23.0 Å². The van der Waals surface area contributed by atoms with Crippen molar-refractivity contribution in [3.05, 3.63) is 52.0 Å². The van der Waals surface area contributed by atoms with Crippen LogP contribution in [0.2, 0.25) is 10.0 Å². The van der Waals surface area contributed by atoms with E-state index in [9.17, 15) is 13.5 Å². The van der Waals surface area contributed by atoms with Crippen molar-refractivity contribution in [2.45, 2.75) is 63.5 Å². The molecule has 7 nitrogen and oxygen atoms in total. The minimum atomic E-state index is -3.79. The Morgan fingerprint density at radius 3 is 2.19 bits per heavy atom. The molecule has 0 aromatic heterocycles. The standard InChI is InChI=1S/C26H38Cl2N2O5S/c1-6-14-30(15-7-2)36(32,33)23-13-12-22(24(27)25(23)28)35-18-20(31)17-29-26(3,4)16-19-8-10-21(34-5)11-9-19/h8-13,20,29,31H,6-7,14-18H2,1-5H3. The number of rotatable bonds is 15. The summed E-state index contributed by atoms with van der Waals surface area (Å²) in [6.45, 7) is 9.01. The zero-order valence-corrected chi connectivity index (χ0v) is 24.0. The Morgan fingerprint density at radius 2 is 1.64 bits per heavy atom. The molecule has 0 aliphatic rings. The number of hydrogen-bond donors (Lipinski definition) is 2. The summed E-state index contributed by atoms with van der Waals surface area (Å²) in [6, 6.07) is 10.8. The Balaban J connectivity index is 1.98. The third-order valence-electron chi connectivity index (χ3n) is 5.63. The van der Waals surface area contributed by atoms with Crippen molar-refractivity contribution >= 4 is 33.2 Å². The third-order valence-corrected chi connectivity index (χ3v) is 8.55. The summed E-state index contributed by atoms with van der Waals surface area (Å²) in [5.74, 6) is 1.02. The minimum absolute atomic E-state index is 0.00526. The first-order valence-electron chi connectivity index (χ1n) is 12.1. The number of nitrogens with zero attached hydrogens (tertiary/aromatic N) is 1. The number of sulfonamides is 1. The van der Waals surface area contributed by atoms with Crippen molar-refractivity contribution in [2.75, 3.05) is 33.4 Å². The molecule has 1 unspecified atom stereocenters. The van der Waals surface area contributed by atoms with Crippen LogP contribution in [0.4, 0.5) is 0 Å². The highest BCUT2D eigenvalue weighted by atomic mass is 35.5. The molecule has 0 aliphatic heterocycles. The van der Waals surface area contributed by atoms with E-state index < -0.39 is 16.1 Å². The molecule has 10 heteroatoms. The van der Waals surface area contributed by atoms with Crippen molar-refractivity contribution in [2.24, 2.45) is 0 Å². The predicted octanol–water partition coefficient (Wildman–Crippen LogP) is 5.16. The Labute approximate surface area is 225 Å². The molecule has 2 aromatic carbocycles. The van der Waals surface area contributed by atoms with Gasteiger partial charge in [-0.05, 0) is 62.9 Å². The van der Waals surface area contributed by atoms with Gasteiger partial charge in [0.15, 0.2) is 0 Å². The number of benzene rings is 2. The molecule has 0 heterocycles. The fourth-order valence-corrected chi connectivity index (χ4v) is 6.19. The summed E-state index contributed by atoms with van der Waals surface area (Å²) in [5, 5.41) is 13.7. The lowest BCUT2D eigenvalue weighted by molar-refractivity contribution is 0.0988. The average Bonchev–Trinajstić information content (AvgIpc) is 2.83. The van der Waals surface area contributed by atoms with Crippen molar-refractivity contribution in [3.8, 4) is 11.5 Å². The van der Waals surface area contributed by atoms with Gasteiger partial charge in [-0.15, -0.1) is 0 Å². The number of aliphatic hydroxyl groups is 1. The van der Waals surface area contributed by atoms with Gasteiger partial charge in [-0.25, -0.2) is 8.42 Å². The maximum absolute atomic E-state index is 13.1. The number of β-amino-alcohol motifs (C(OH)–C–C–N with tert-alkyl or cyclic N) is 1. The number of aliphatic hydroxyl groups excluding tert-OH is 1. The van der Waals surface area contributed by atoms with Crippen LogP contribution in [0.25, 0.3) is 0 Å². The van der Waals surface area contributed by atoms with Crippen molar-refractivity contribution in [1.29, 1.82) is 0 Å². The van der Waals surface area contributed by atoms with E-state index in [0.29, 0.717) is 32.5 Å². The van der Waals surface area contributed by atoms with E-state index >= 15 is 0 Å². The lowest BCUT2D eigenvalue weighted by Crippen LogP contribution is -2.46. The highest BCUT2D eigenvalue weighted by Gasteiger charge is 2.28. The molecule has 2 N–H and O–H groups in total. The molecule has 0 fully saturated rings. The largest absolute Gasteiger partial charge is 0.497 e. The lowest BCUT2D eigenvalue weighted by atomic mass is 9.94. The first kappa shape index (κ1) is 30.7. The molecule has 2 rings (SSSR count).